The van der Waals surface area contributed by atoms with Crippen LogP contribution in [0.4, 0.5) is 0 Å². The first-order valence-electron chi connectivity index (χ1n) is 6.76. The van der Waals surface area contributed by atoms with Crippen molar-refractivity contribution in [2.75, 3.05) is 12.3 Å². The summed E-state index contributed by atoms with van der Waals surface area (Å²) >= 11 is 1.96. The number of amides is 1. The Balaban J connectivity index is 2.07. The molecule has 2 atom stereocenters. The third kappa shape index (κ3) is 2.63. The number of rotatable bonds is 1. The molecule has 2 rings (SSSR count). The van der Waals surface area contributed by atoms with Gasteiger partial charge in [-0.15, -0.1) is 0 Å². The molecular weight excluding hydrogens is 232 g/mol. The molecule has 0 spiro atoms. The molecule has 0 radical (unpaired) electrons. The van der Waals surface area contributed by atoms with Crippen LogP contribution in [0.15, 0.2) is 0 Å². The van der Waals surface area contributed by atoms with Crippen molar-refractivity contribution in [3.63, 3.8) is 0 Å². The Labute approximate surface area is 108 Å². The molecule has 2 N–H and O–H groups in total. The van der Waals surface area contributed by atoms with Crippen LogP contribution in [0.2, 0.25) is 0 Å². The van der Waals surface area contributed by atoms with E-state index in [1.54, 1.807) is 0 Å². The number of nitrogens with two attached hydrogens (primary N) is 1. The highest BCUT2D eigenvalue weighted by molar-refractivity contribution is 8.00. The van der Waals surface area contributed by atoms with Gasteiger partial charge in [0.25, 0.3) is 0 Å². The second-order valence-electron chi connectivity index (χ2n) is 5.53. The quantitative estimate of drug-likeness (QED) is 0.780. The van der Waals surface area contributed by atoms with Gasteiger partial charge in [0, 0.05) is 23.6 Å². The second kappa shape index (κ2) is 5.19. The molecule has 1 saturated carbocycles. The zero-order chi connectivity index (χ0) is 12.5. The summed E-state index contributed by atoms with van der Waals surface area (Å²) in [5.41, 5.74) is 5.78. The zero-order valence-electron chi connectivity index (χ0n) is 10.9. The Hall–Kier alpha value is -0.220. The fourth-order valence-electron chi connectivity index (χ4n) is 2.90. The Morgan fingerprint density at radius 2 is 1.94 bits per heavy atom. The summed E-state index contributed by atoms with van der Waals surface area (Å²) in [6, 6.07) is 0.323. The fourth-order valence-corrected chi connectivity index (χ4v) is 4.00. The maximum Gasteiger partial charge on any atom is 0.242 e. The van der Waals surface area contributed by atoms with Gasteiger partial charge in [-0.25, -0.2) is 0 Å². The van der Waals surface area contributed by atoms with E-state index >= 15 is 0 Å². The van der Waals surface area contributed by atoms with Gasteiger partial charge < -0.3 is 10.6 Å². The van der Waals surface area contributed by atoms with E-state index in [0.29, 0.717) is 11.3 Å². The lowest BCUT2D eigenvalue weighted by molar-refractivity contribution is -0.140. The SMILES string of the molecule is CC1SCCN(C(=O)C2(N)CCCCC2)C1C. The number of nitrogens with zero attached hydrogens (tertiary/aromatic N) is 1. The van der Waals surface area contributed by atoms with Crippen LogP contribution in [0.25, 0.3) is 0 Å². The number of carbonyl (C=O) groups is 1. The lowest BCUT2D eigenvalue weighted by atomic mass is 9.81. The van der Waals surface area contributed by atoms with Crippen molar-refractivity contribution in [1.29, 1.82) is 0 Å². The molecule has 2 aliphatic rings. The van der Waals surface area contributed by atoms with Gasteiger partial charge in [-0.3, -0.25) is 4.79 Å². The highest BCUT2D eigenvalue weighted by atomic mass is 32.2. The highest BCUT2D eigenvalue weighted by Crippen LogP contribution is 2.31. The van der Waals surface area contributed by atoms with Gasteiger partial charge in [-0.2, -0.15) is 11.8 Å². The first-order chi connectivity index (χ1) is 8.04. The normalized spacial score (nSPS) is 33.5. The van der Waals surface area contributed by atoms with Gasteiger partial charge in [0.05, 0.1) is 5.54 Å². The Bertz CT molecular complexity index is 289. The summed E-state index contributed by atoms with van der Waals surface area (Å²) in [5.74, 6) is 1.25. The Kier molecular flexibility index (Phi) is 4.03. The van der Waals surface area contributed by atoms with Crippen LogP contribution in [0.1, 0.15) is 46.0 Å². The van der Waals surface area contributed by atoms with Crippen molar-refractivity contribution in [3.8, 4) is 0 Å². The van der Waals surface area contributed by atoms with E-state index in [1.807, 2.05) is 16.7 Å². The lowest BCUT2D eigenvalue weighted by Gasteiger charge is -2.43. The van der Waals surface area contributed by atoms with E-state index in [0.717, 1.165) is 38.0 Å². The van der Waals surface area contributed by atoms with Crippen LogP contribution < -0.4 is 5.73 Å². The standard InChI is InChI=1S/C13H24N2OS/c1-10-11(2)17-9-8-15(10)12(16)13(14)6-4-3-5-7-13/h10-11H,3-9,14H2,1-2H3. The molecule has 98 valence electrons. The van der Waals surface area contributed by atoms with Gasteiger partial charge in [0.1, 0.15) is 0 Å². The van der Waals surface area contributed by atoms with E-state index in [4.69, 9.17) is 5.73 Å². The van der Waals surface area contributed by atoms with Gasteiger partial charge in [0.2, 0.25) is 5.91 Å². The van der Waals surface area contributed by atoms with Gasteiger partial charge >= 0.3 is 0 Å². The first-order valence-corrected chi connectivity index (χ1v) is 7.81. The number of carbonyl (C=O) groups excluding carboxylic acids is 1. The smallest absolute Gasteiger partial charge is 0.242 e. The molecule has 2 fully saturated rings. The number of hydrogen-bond acceptors (Lipinski definition) is 3. The van der Waals surface area contributed by atoms with E-state index in [2.05, 4.69) is 13.8 Å². The molecule has 1 aliphatic heterocycles. The van der Waals surface area contributed by atoms with Crippen molar-refractivity contribution >= 4 is 17.7 Å². The minimum Gasteiger partial charge on any atom is -0.336 e. The fraction of sp³-hybridized carbons (Fsp3) is 0.923. The molecule has 1 heterocycles. The monoisotopic (exact) mass is 256 g/mol. The van der Waals surface area contributed by atoms with Crippen LogP contribution in [0.5, 0.6) is 0 Å². The molecule has 17 heavy (non-hydrogen) atoms. The van der Waals surface area contributed by atoms with Gasteiger partial charge in [-0.05, 0) is 19.8 Å². The second-order valence-corrected chi connectivity index (χ2v) is 7.02. The van der Waals surface area contributed by atoms with Crippen molar-refractivity contribution in [2.45, 2.75) is 62.8 Å². The Morgan fingerprint density at radius 1 is 1.29 bits per heavy atom. The maximum atomic E-state index is 12.6. The predicted octanol–water partition coefficient (Wildman–Crippen LogP) is 2.00. The number of thioether (sulfide) groups is 1. The van der Waals surface area contributed by atoms with Crippen LogP contribution in [-0.4, -0.2) is 39.9 Å². The molecule has 0 aromatic heterocycles. The Morgan fingerprint density at radius 3 is 2.59 bits per heavy atom. The molecule has 1 saturated heterocycles. The third-order valence-corrected chi connectivity index (χ3v) is 5.65. The van der Waals surface area contributed by atoms with Crippen molar-refractivity contribution in [3.05, 3.63) is 0 Å². The van der Waals surface area contributed by atoms with E-state index in [1.165, 1.54) is 6.42 Å². The average Bonchev–Trinajstić information content (AvgIpc) is 2.33. The van der Waals surface area contributed by atoms with E-state index in [-0.39, 0.29) is 5.91 Å². The van der Waals surface area contributed by atoms with E-state index < -0.39 is 5.54 Å². The number of hydrogen-bond donors (Lipinski definition) is 1. The summed E-state index contributed by atoms with van der Waals surface area (Å²) < 4.78 is 0. The van der Waals surface area contributed by atoms with Crippen molar-refractivity contribution in [2.24, 2.45) is 5.73 Å². The van der Waals surface area contributed by atoms with Crippen LogP contribution in [0, 0.1) is 0 Å². The van der Waals surface area contributed by atoms with Crippen LogP contribution in [0.3, 0.4) is 0 Å². The van der Waals surface area contributed by atoms with Crippen molar-refractivity contribution in [1.82, 2.24) is 4.90 Å². The molecule has 0 aromatic rings. The molecule has 1 aliphatic carbocycles. The summed E-state index contributed by atoms with van der Waals surface area (Å²) in [6.07, 6.45) is 5.19. The largest absolute Gasteiger partial charge is 0.336 e. The van der Waals surface area contributed by atoms with Crippen LogP contribution in [-0.2, 0) is 4.79 Å². The third-order valence-electron chi connectivity index (χ3n) is 4.32. The average molecular weight is 256 g/mol. The van der Waals surface area contributed by atoms with E-state index in [9.17, 15) is 4.79 Å². The molecule has 1 amide bonds. The zero-order valence-corrected chi connectivity index (χ0v) is 11.8. The minimum atomic E-state index is -0.561. The molecule has 0 aromatic carbocycles. The minimum absolute atomic E-state index is 0.205. The summed E-state index contributed by atoms with van der Waals surface area (Å²) in [7, 11) is 0. The highest BCUT2D eigenvalue weighted by Gasteiger charge is 2.41. The van der Waals surface area contributed by atoms with Gasteiger partial charge in [-0.1, -0.05) is 26.2 Å². The summed E-state index contributed by atoms with van der Waals surface area (Å²) in [4.78, 5) is 14.7. The van der Waals surface area contributed by atoms with Crippen molar-refractivity contribution < 1.29 is 4.79 Å². The molecule has 2 unspecified atom stereocenters. The van der Waals surface area contributed by atoms with Crippen LogP contribution >= 0.6 is 11.8 Å². The molecule has 0 bridgehead atoms. The lowest BCUT2D eigenvalue weighted by Crippen LogP contribution is -2.60. The van der Waals surface area contributed by atoms with Gasteiger partial charge in [0.15, 0.2) is 0 Å². The molecular formula is C13H24N2OS. The topological polar surface area (TPSA) is 46.3 Å². The maximum absolute atomic E-state index is 12.6. The summed E-state index contributed by atoms with van der Waals surface area (Å²) in [6.45, 7) is 5.23. The predicted molar refractivity (Wildman–Crippen MR) is 73.1 cm³/mol. The molecule has 4 heteroatoms. The first kappa shape index (κ1) is 13.2. The summed E-state index contributed by atoms with van der Waals surface area (Å²) in [5, 5.41) is 0.528. The molecule has 3 nitrogen and oxygen atoms in total.